The lowest BCUT2D eigenvalue weighted by Gasteiger charge is -2.18. The molecule has 0 fully saturated rings. The van der Waals surface area contributed by atoms with E-state index in [0.717, 1.165) is 24.1 Å². The molecule has 0 radical (unpaired) electrons. The van der Waals surface area contributed by atoms with Gasteiger partial charge in [-0.05, 0) is 37.0 Å². The van der Waals surface area contributed by atoms with E-state index in [2.05, 4.69) is 28.9 Å². The van der Waals surface area contributed by atoms with Gasteiger partial charge >= 0.3 is 0 Å². The lowest BCUT2D eigenvalue weighted by molar-refractivity contribution is 0.542. The molecule has 2 aromatic carbocycles. The van der Waals surface area contributed by atoms with Crippen molar-refractivity contribution >= 4 is 16.6 Å². The molecule has 0 aliphatic rings. The minimum atomic E-state index is -1.58. The van der Waals surface area contributed by atoms with Gasteiger partial charge in [-0.1, -0.05) is 50.6 Å². The van der Waals surface area contributed by atoms with Crippen LogP contribution >= 0.6 is 0 Å². The highest BCUT2D eigenvalue weighted by Gasteiger charge is 2.24. The summed E-state index contributed by atoms with van der Waals surface area (Å²) in [7, 11) is -1.58. The molecule has 2 unspecified atom stereocenters. The lowest BCUT2D eigenvalue weighted by Crippen LogP contribution is -2.12. The zero-order chi connectivity index (χ0) is 22.8. The minimum absolute atomic E-state index is 0.114. The van der Waals surface area contributed by atoms with E-state index in [4.69, 9.17) is 0 Å². The summed E-state index contributed by atoms with van der Waals surface area (Å²) < 4.78 is 45.0. The van der Waals surface area contributed by atoms with Crippen LogP contribution in [0, 0.1) is 24.5 Å². The van der Waals surface area contributed by atoms with Gasteiger partial charge in [0, 0.05) is 10.5 Å². The summed E-state index contributed by atoms with van der Waals surface area (Å²) in [4.78, 5) is 8.65. The van der Waals surface area contributed by atoms with Gasteiger partial charge in [0.05, 0.1) is 33.5 Å². The molecule has 0 aliphatic heterocycles. The third-order valence-corrected chi connectivity index (χ3v) is 6.97. The number of hydrogen-bond acceptors (Lipinski definition) is 4. The number of fused-ring (bicyclic) bond motifs is 1. The van der Waals surface area contributed by atoms with Gasteiger partial charge in [0.15, 0.2) is 0 Å². The van der Waals surface area contributed by atoms with Crippen LogP contribution in [-0.2, 0) is 23.0 Å². The van der Waals surface area contributed by atoms with E-state index in [9.17, 15) is 4.21 Å². The van der Waals surface area contributed by atoms with Gasteiger partial charge in [-0.2, -0.15) is 10.1 Å². The highest BCUT2D eigenvalue weighted by molar-refractivity contribution is 7.84. The van der Waals surface area contributed by atoms with E-state index in [1.165, 1.54) is 6.33 Å². The van der Waals surface area contributed by atoms with Crippen molar-refractivity contribution in [3.63, 3.8) is 0 Å². The van der Waals surface area contributed by atoms with Crippen LogP contribution < -0.4 is 0 Å². The molecule has 0 aliphatic carbocycles. The Labute approximate surface area is 188 Å². The molecule has 8 heteroatoms. The maximum atomic E-state index is 15.4. The van der Waals surface area contributed by atoms with Crippen LogP contribution in [0.1, 0.15) is 37.2 Å². The van der Waals surface area contributed by atoms with E-state index in [0.29, 0.717) is 29.1 Å². The fourth-order valence-corrected chi connectivity index (χ4v) is 4.87. The Hall–Kier alpha value is -3.00. The second kappa shape index (κ2) is 9.24. The number of nitrogens with zero attached hydrogens (tertiary/aromatic N) is 4. The molecule has 166 valence electrons. The van der Waals surface area contributed by atoms with Crippen molar-refractivity contribution in [2.45, 2.75) is 44.3 Å². The van der Waals surface area contributed by atoms with Crippen molar-refractivity contribution in [2.75, 3.05) is 0 Å². The van der Waals surface area contributed by atoms with Gasteiger partial charge in [0.1, 0.15) is 18.0 Å². The summed E-state index contributed by atoms with van der Waals surface area (Å²) in [6.45, 7) is 5.85. The molecule has 0 spiro atoms. The predicted octanol–water partition coefficient (Wildman–Crippen LogP) is 5.27. The Bertz CT molecular complexity index is 1270. The van der Waals surface area contributed by atoms with Crippen LogP contribution in [0.25, 0.3) is 16.9 Å². The van der Waals surface area contributed by atoms with Crippen molar-refractivity contribution in [2.24, 2.45) is 5.92 Å². The van der Waals surface area contributed by atoms with Gasteiger partial charge in [0.25, 0.3) is 5.78 Å². The summed E-state index contributed by atoms with van der Waals surface area (Å²) in [5.41, 5.74) is 2.17. The maximum Gasteiger partial charge on any atom is 0.252 e. The quantitative estimate of drug-likeness (QED) is 0.381. The average molecular weight is 455 g/mol. The van der Waals surface area contributed by atoms with E-state index in [1.54, 1.807) is 11.4 Å². The fourth-order valence-electron chi connectivity index (χ4n) is 3.74. The summed E-state index contributed by atoms with van der Waals surface area (Å²) in [6.07, 6.45) is 2.85. The van der Waals surface area contributed by atoms with Gasteiger partial charge in [-0.25, -0.2) is 18.3 Å². The van der Waals surface area contributed by atoms with Crippen molar-refractivity contribution in [1.29, 1.82) is 0 Å². The highest BCUT2D eigenvalue weighted by atomic mass is 32.2. The molecule has 4 aromatic rings. The third kappa shape index (κ3) is 4.32. The highest BCUT2D eigenvalue weighted by Crippen LogP contribution is 2.34. The normalized spacial score (nSPS) is 13.4. The monoisotopic (exact) mass is 454 g/mol. The van der Waals surface area contributed by atoms with Crippen LogP contribution in [-0.4, -0.2) is 23.8 Å². The number of benzene rings is 2. The lowest BCUT2D eigenvalue weighted by atomic mass is 9.94. The smallest absolute Gasteiger partial charge is 0.252 e. The molecule has 4 rings (SSSR count). The van der Waals surface area contributed by atoms with Crippen LogP contribution in [0.3, 0.4) is 0 Å². The first-order valence-corrected chi connectivity index (χ1v) is 11.8. The molecule has 2 atom stereocenters. The number of aryl methyl sites for hydroxylation is 1. The molecule has 2 heterocycles. The van der Waals surface area contributed by atoms with E-state index in [-0.39, 0.29) is 22.1 Å². The Morgan fingerprint density at radius 3 is 2.44 bits per heavy atom. The number of halogens is 2. The molecule has 0 amide bonds. The zero-order valence-corrected chi connectivity index (χ0v) is 19.0. The van der Waals surface area contributed by atoms with E-state index < -0.39 is 22.4 Å². The molecule has 0 N–H and O–H groups in total. The standard InChI is InChI=1S/C24H24F2N4OS/c1-4-15(2)10-21-22(16(3)29-24-27-14-28-30(21)24)23-19(25)11-18(12-20(23)26)32(31)13-17-8-6-5-7-9-17/h5-9,11-12,14-15H,4,10,13H2,1-3H3. The Morgan fingerprint density at radius 1 is 1.09 bits per heavy atom. The maximum absolute atomic E-state index is 15.4. The molecular weight excluding hydrogens is 430 g/mol. The van der Waals surface area contributed by atoms with Crippen LogP contribution in [0.15, 0.2) is 53.7 Å². The first-order valence-electron chi connectivity index (χ1n) is 10.5. The van der Waals surface area contributed by atoms with Crippen molar-refractivity contribution in [1.82, 2.24) is 19.6 Å². The number of hydrogen-bond donors (Lipinski definition) is 0. The van der Waals surface area contributed by atoms with Crippen molar-refractivity contribution in [3.05, 3.63) is 77.4 Å². The molecule has 2 aromatic heterocycles. The first kappa shape index (κ1) is 22.2. The average Bonchev–Trinajstić information content (AvgIpc) is 3.23. The van der Waals surface area contributed by atoms with Gasteiger partial charge < -0.3 is 0 Å². The topological polar surface area (TPSA) is 60.2 Å². The SMILES string of the molecule is CCC(C)Cc1c(-c2c(F)cc(S(=O)Cc3ccccc3)cc2F)c(C)nc2ncnn12. The molecule has 0 saturated carbocycles. The summed E-state index contributed by atoms with van der Waals surface area (Å²) >= 11 is 0. The molecule has 0 bridgehead atoms. The fraction of sp³-hybridized carbons (Fsp3) is 0.292. The van der Waals surface area contributed by atoms with E-state index in [1.807, 2.05) is 30.3 Å². The Morgan fingerprint density at radius 2 is 1.78 bits per heavy atom. The second-order valence-corrected chi connectivity index (χ2v) is 9.40. The van der Waals surface area contributed by atoms with Gasteiger partial charge in [-0.3, -0.25) is 4.21 Å². The Balaban J connectivity index is 1.81. The first-order chi connectivity index (χ1) is 15.4. The third-order valence-electron chi connectivity index (χ3n) is 5.61. The molecule has 32 heavy (non-hydrogen) atoms. The van der Waals surface area contributed by atoms with Gasteiger partial charge in [-0.15, -0.1) is 0 Å². The summed E-state index contributed by atoms with van der Waals surface area (Å²) in [5, 5.41) is 4.23. The minimum Gasteiger partial charge on any atom is -0.254 e. The van der Waals surface area contributed by atoms with Crippen LogP contribution in [0.5, 0.6) is 0 Å². The Kier molecular flexibility index (Phi) is 6.41. The van der Waals surface area contributed by atoms with Gasteiger partial charge in [0.2, 0.25) is 0 Å². The van der Waals surface area contributed by atoms with Crippen molar-refractivity contribution in [3.8, 4) is 11.1 Å². The molecular formula is C24H24F2N4OS. The number of rotatable bonds is 7. The number of aromatic nitrogens is 4. The summed E-state index contributed by atoms with van der Waals surface area (Å²) in [5.74, 6) is -0.686. The van der Waals surface area contributed by atoms with Crippen LogP contribution in [0.2, 0.25) is 0 Å². The van der Waals surface area contributed by atoms with Crippen molar-refractivity contribution < 1.29 is 13.0 Å². The van der Waals surface area contributed by atoms with Crippen LogP contribution in [0.4, 0.5) is 8.78 Å². The summed E-state index contributed by atoms with van der Waals surface area (Å²) in [6, 6.07) is 11.5. The largest absolute Gasteiger partial charge is 0.254 e. The molecule has 5 nitrogen and oxygen atoms in total. The zero-order valence-electron chi connectivity index (χ0n) is 18.2. The second-order valence-electron chi connectivity index (χ2n) is 7.95. The molecule has 0 saturated heterocycles. The predicted molar refractivity (Wildman–Crippen MR) is 121 cm³/mol. The van der Waals surface area contributed by atoms with E-state index >= 15 is 8.78 Å².